The predicted octanol–water partition coefficient (Wildman–Crippen LogP) is 4.10. The van der Waals surface area contributed by atoms with Gasteiger partial charge < -0.3 is 14.8 Å². The molecule has 2 N–H and O–H groups in total. The van der Waals surface area contributed by atoms with Crippen LogP contribution < -0.4 is 5.32 Å². The van der Waals surface area contributed by atoms with Crippen molar-refractivity contribution in [2.45, 2.75) is 32.7 Å². The zero-order chi connectivity index (χ0) is 14.5. The Hall–Kier alpha value is -2.23. The molecule has 2 aromatic rings. The highest BCUT2D eigenvalue weighted by Crippen LogP contribution is 2.22. The summed E-state index contributed by atoms with van der Waals surface area (Å²) in [6.07, 6.45) is 2.21. The SMILES string of the molecule is CCCc1ccc(NC(C)c2ccc(C(=O)O)o2)cc1. The number of nitrogens with one attached hydrogen (secondary N) is 1. The Morgan fingerprint density at radius 1 is 1.25 bits per heavy atom. The molecule has 1 atom stereocenters. The Balaban J connectivity index is 2.02. The first-order chi connectivity index (χ1) is 9.60. The summed E-state index contributed by atoms with van der Waals surface area (Å²) in [5.41, 5.74) is 2.31. The van der Waals surface area contributed by atoms with Crippen LogP contribution in [0.1, 0.15) is 48.2 Å². The molecular formula is C16H19NO3. The third-order valence-corrected chi connectivity index (χ3v) is 3.14. The zero-order valence-electron chi connectivity index (χ0n) is 11.7. The Morgan fingerprint density at radius 3 is 2.50 bits per heavy atom. The number of rotatable bonds is 6. The van der Waals surface area contributed by atoms with Gasteiger partial charge in [-0.15, -0.1) is 0 Å². The van der Waals surface area contributed by atoms with Crippen LogP contribution >= 0.6 is 0 Å². The van der Waals surface area contributed by atoms with Crippen molar-refractivity contribution in [3.63, 3.8) is 0 Å². The fraction of sp³-hybridized carbons (Fsp3) is 0.312. The molecule has 106 valence electrons. The van der Waals surface area contributed by atoms with Crippen molar-refractivity contribution in [3.8, 4) is 0 Å². The summed E-state index contributed by atoms with van der Waals surface area (Å²) in [6.45, 7) is 4.09. The van der Waals surface area contributed by atoms with Crippen LogP contribution in [-0.4, -0.2) is 11.1 Å². The average Bonchev–Trinajstić information content (AvgIpc) is 2.91. The van der Waals surface area contributed by atoms with Gasteiger partial charge in [-0.3, -0.25) is 0 Å². The molecule has 4 heteroatoms. The number of hydrogen-bond acceptors (Lipinski definition) is 3. The third kappa shape index (κ3) is 3.41. The van der Waals surface area contributed by atoms with Crippen molar-refractivity contribution in [2.75, 3.05) is 5.32 Å². The van der Waals surface area contributed by atoms with E-state index in [0.29, 0.717) is 5.76 Å². The molecule has 0 bridgehead atoms. The highest BCUT2D eigenvalue weighted by atomic mass is 16.4. The fourth-order valence-corrected chi connectivity index (χ4v) is 2.08. The molecular weight excluding hydrogens is 254 g/mol. The lowest BCUT2D eigenvalue weighted by Gasteiger charge is -2.13. The summed E-state index contributed by atoms with van der Waals surface area (Å²) >= 11 is 0. The predicted molar refractivity (Wildman–Crippen MR) is 78.1 cm³/mol. The van der Waals surface area contributed by atoms with Crippen LogP contribution in [0.3, 0.4) is 0 Å². The monoisotopic (exact) mass is 273 g/mol. The van der Waals surface area contributed by atoms with Crippen LogP contribution in [0, 0.1) is 0 Å². The molecule has 0 aliphatic rings. The number of furan rings is 1. The molecule has 0 radical (unpaired) electrons. The molecule has 0 amide bonds. The van der Waals surface area contributed by atoms with Crippen molar-refractivity contribution in [2.24, 2.45) is 0 Å². The van der Waals surface area contributed by atoms with Crippen LogP contribution in [0.2, 0.25) is 0 Å². The minimum absolute atomic E-state index is 0.0352. The van der Waals surface area contributed by atoms with E-state index < -0.39 is 5.97 Å². The second kappa shape index (κ2) is 6.28. The first-order valence-corrected chi connectivity index (χ1v) is 6.78. The van der Waals surface area contributed by atoms with Crippen molar-refractivity contribution in [1.29, 1.82) is 0 Å². The lowest BCUT2D eigenvalue weighted by Crippen LogP contribution is -2.05. The smallest absolute Gasteiger partial charge is 0.371 e. The quantitative estimate of drug-likeness (QED) is 0.831. The molecule has 0 aliphatic heterocycles. The molecule has 1 aromatic carbocycles. The number of anilines is 1. The number of benzene rings is 1. The Bertz CT molecular complexity index is 572. The topological polar surface area (TPSA) is 62.5 Å². The maximum Gasteiger partial charge on any atom is 0.371 e. The first-order valence-electron chi connectivity index (χ1n) is 6.78. The summed E-state index contributed by atoms with van der Waals surface area (Å²) < 4.78 is 5.28. The highest BCUT2D eigenvalue weighted by Gasteiger charge is 2.13. The van der Waals surface area contributed by atoms with Crippen molar-refractivity contribution in [3.05, 3.63) is 53.5 Å². The minimum Gasteiger partial charge on any atom is -0.475 e. The number of carbonyl (C=O) groups is 1. The summed E-state index contributed by atoms with van der Waals surface area (Å²) in [5, 5.41) is 12.1. The maximum atomic E-state index is 10.8. The van der Waals surface area contributed by atoms with Crippen molar-refractivity contribution < 1.29 is 14.3 Å². The van der Waals surface area contributed by atoms with E-state index in [2.05, 4.69) is 24.4 Å². The number of aromatic carboxylic acids is 1. The van der Waals surface area contributed by atoms with Crippen LogP contribution in [0.25, 0.3) is 0 Å². The molecule has 20 heavy (non-hydrogen) atoms. The molecule has 0 aliphatic carbocycles. The average molecular weight is 273 g/mol. The van der Waals surface area contributed by atoms with E-state index in [4.69, 9.17) is 9.52 Å². The molecule has 2 rings (SSSR count). The van der Waals surface area contributed by atoms with E-state index >= 15 is 0 Å². The van der Waals surface area contributed by atoms with Gasteiger partial charge in [-0.25, -0.2) is 4.79 Å². The maximum absolute atomic E-state index is 10.8. The minimum atomic E-state index is -1.05. The van der Waals surface area contributed by atoms with Gasteiger partial charge in [-0.05, 0) is 43.2 Å². The first kappa shape index (κ1) is 14.2. The van der Waals surface area contributed by atoms with E-state index in [1.165, 1.54) is 11.6 Å². The van der Waals surface area contributed by atoms with E-state index in [-0.39, 0.29) is 11.8 Å². The molecule has 0 fully saturated rings. The van der Waals surface area contributed by atoms with Gasteiger partial charge in [0.25, 0.3) is 0 Å². The Morgan fingerprint density at radius 2 is 1.95 bits per heavy atom. The van der Waals surface area contributed by atoms with Crippen LogP contribution in [0.4, 0.5) is 5.69 Å². The molecule has 1 aromatic heterocycles. The van der Waals surface area contributed by atoms with E-state index in [9.17, 15) is 4.79 Å². The molecule has 1 unspecified atom stereocenters. The van der Waals surface area contributed by atoms with Crippen molar-refractivity contribution >= 4 is 11.7 Å². The highest BCUT2D eigenvalue weighted by molar-refractivity contribution is 5.84. The van der Waals surface area contributed by atoms with Gasteiger partial charge in [0.15, 0.2) is 0 Å². The number of carboxylic acids is 1. The Labute approximate surface area is 118 Å². The van der Waals surface area contributed by atoms with E-state index in [0.717, 1.165) is 18.5 Å². The molecule has 0 saturated carbocycles. The van der Waals surface area contributed by atoms with E-state index in [1.54, 1.807) is 6.07 Å². The Kier molecular flexibility index (Phi) is 4.45. The van der Waals surface area contributed by atoms with Gasteiger partial charge in [0.05, 0.1) is 6.04 Å². The molecule has 4 nitrogen and oxygen atoms in total. The second-order valence-corrected chi connectivity index (χ2v) is 4.82. The van der Waals surface area contributed by atoms with Crippen LogP contribution in [-0.2, 0) is 6.42 Å². The number of carboxylic acid groups (broad SMARTS) is 1. The standard InChI is InChI=1S/C16H19NO3/c1-3-4-12-5-7-13(8-6-12)17-11(2)14-9-10-15(20-14)16(18)19/h5-11,17H,3-4H2,1-2H3,(H,18,19). The number of aryl methyl sites for hydroxylation is 1. The van der Waals surface area contributed by atoms with Crippen LogP contribution in [0.5, 0.6) is 0 Å². The van der Waals surface area contributed by atoms with Gasteiger partial charge >= 0.3 is 5.97 Å². The lowest BCUT2D eigenvalue weighted by molar-refractivity contribution is 0.0660. The van der Waals surface area contributed by atoms with E-state index in [1.807, 2.05) is 19.1 Å². The lowest BCUT2D eigenvalue weighted by atomic mass is 10.1. The molecule has 0 spiro atoms. The van der Waals surface area contributed by atoms with Crippen molar-refractivity contribution in [1.82, 2.24) is 0 Å². The fourth-order valence-electron chi connectivity index (χ4n) is 2.08. The summed E-state index contributed by atoms with van der Waals surface area (Å²) in [5.74, 6) is -0.473. The van der Waals surface area contributed by atoms with Crippen LogP contribution in [0.15, 0.2) is 40.8 Å². The second-order valence-electron chi connectivity index (χ2n) is 4.82. The van der Waals surface area contributed by atoms with Gasteiger partial charge in [0.2, 0.25) is 5.76 Å². The zero-order valence-corrected chi connectivity index (χ0v) is 11.7. The molecule has 1 heterocycles. The summed E-state index contributed by atoms with van der Waals surface area (Å²) in [7, 11) is 0. The molecule has 0 saturated heterocycles. The van der Waals surface area contributed by atoms with Gasteiger partial charge in [0.1, 0.15) is 5.76 Å². The van der Waals surface area contributed by atoms with Gasteiger partial charge in [-0.2, -0.15) is 0 Å². The number of hydrogen-bond donors (Lipinski definition) is 2. The summed E-state index contributed by atoms with van der Waals surface area (Å²) in [6, 6.07) is 11.3. The normalized spacial score (nSPS) is 12.1. The van der Waals surface area contributed by atoms with Gasteiger partial charge in [-0.1, -0.05) is 25.5 Å². The summed E-state index contributed by atoms with van der Waals surface area (Å²) in [4.78, 5) is 10.8. The third-order valence-electron chi connectivity index (χ3n) is 3.14. The largest absolute Gasteiger partial charge is 0.475 e. The van der Waals surface area contributed by atoms with Gasteiger partial charge in [0, 0.05) is 5.69 Å².